The van der Waals surface area contributed by atoms with Crippen LogP contribution in [0.5, 0.6) is 5.75 Å². The van der Waals surface area contributed by atoms with Crippen LogP contribution in [0.15, 0.2) is 28.7 Å². The van der Waals surface area contributed by atoms with Crippen LogP contribution in [0, 0.1) is 11.3 Å². The number of benzene rings is 1. The average molecular weight is 278 g/mol. The molecular weight excluding hydrogens is 262 g/mol. The van der Waals surface area contributed by atoms with Gasteiger partial charge in [0.25, 0.3) is 0 Å². The van der Waals surface area contributed by atoms with Crippen molar-refractivity contribution >= 4 is 22.6 Å². The van der Waals surface area contributed by atoms with Gasteiger partial charge in [-0.05, 0) is 25.0 Å². The van der Waals surface area contributed by atoms with E-state index in [1.165, 1.54) is 0 Å². The number of alkyl halides is 1. The number of rotatable bonds is 7. The molecule has 0 aliphatic carbocycles. The van der Waals surface area contributed by atoms with Gasteiger partial charge in [0.2, 0.25) is 5.76 Å². The lowest BCUT2D eigenvalue weighted by molar-refractivity contribution is 0.303. The SMILES string of the molecule is N#Cc1oc2ccccc2c1OCCCCCCCl. The Morgan fingerprint density at radius 2 is 1.95 bits per heavy atom. The predicted octanol–water partition coefficient (Wildman–Crippen LogP) is 4.48. The van der Waals surface area contributed by atoms with Crippen molar-refractivity contribution in [2.24, 2.45) is 0 Å². The van der Waals surface area contributed by atoms with Gasteiger partial charge < -0.3 is 9.15 Å². The fraction of sp³-hybridized carbons (Fsp3) is 0.400. The molecule has 0 radical (unpaired) electrons. The molecular formula is C15H16ClNO2. The minimum absolute atomic E-state index is 0.252. The number of para-hydroxylation sites is 1. The fourth-order valence-corrected chi connectivity index (χ4v) is 2.15. The molecule has 1 aromatic carbocycles. The van der Waals surface area contributed by atoms with Gasteiger partial charge >= 0.3 is 0 Å². The summed E-state index contributed by atoms with van der Waals surface area (Å²) < 4.78 is 11.2. The van der Waals surface area contributed by atoms with Crippen molar-refractivity contribution < 1.29 is 9.15 Å². The minimum atomic E-state index is 0.252. The number of ether oxygens (including phenoxy) is 1. The second kappa shape index (κ2) is 7.06. The lowest BCUT2D eigenvalue weighted by atomic mass is 10.2. The Morgan fingerprint density at radius 3 is 2.74 bits per heavy atom. The number of hydrogen-bond donors (Lipinski definition) is 0. The number of nitrogens with zero attached hydrogens (tertiary/aromatic N) is 1. The van der Waals surface area contributed by atoms with Gasteiger partial charge in [-0.2, -0.15) is 5.26 Å². The van der Waals surface area contributed by atoms with Crippen molar-refractivity contribution in [1.29, 1.82) is 5.26 Å². The van der Waals surface area contributed by atoms with Crippen LogP contribution in [0.2, 0.25) is 0 Å². The minimum Gasteiger partial charge on any atom is -0.488 e. The monoisotopic (exact) mass is 277 g/mol. The summed E-state index contributed by atoms with van der Waals surface area (Å²) in [4.78, 5) is 0. The molecule has 1 heterocycles. The molecule has 0 fully saturated rings. The van der Waals surface area contributed by atoms with Crippen LogP contribution in [0.25, 0.3) is 11.0 Å². The van der Waals surface area contributed by atoms with Gasteiger partial charge in [-0.25, -0.2) is 0 Å². The summed E-state index contributed by atoms with van der Waals surface area (Å²) in [5.74, 6) is 1.53. The first kappa shape index (κ1) is 13.8. The molecule has 3 nitrogen and oxygen atoms in total. The highest BCUT2D eigenvalue weighted by atomic mass is 35.5. The first-order chi connectivity index (χ1) is 9.36. The molecule has 0 atom stereocenters. The third-order valence-corrected chi connectivity index (χ3v) is 3.19. The molecule has 100 valence electrons. The van der Waals surface area contributed by atoms with Gasteiger partial charge in [0.1, 0.15) is 11.7 Å². The highest BCUT2D eigenvalue weighted by Gasteiger charge is 2.14. The Kier molecular flexibility index (Phi) is 5.11. The van der Waals surface area contributed by atoms with Crippen molar-refractivity contribution in [2.75, 3.05) is 12.5 Å². The summed E-state index contributed by atoms with van der Waals surface area (Å²) in [6.45, 7) is 0.598. The van der Waals surface area contributed by atoms with Gasteiger partial charge in [-0.1, -0.05) is 25.0 Å². The zero-order valence-electron chi connectivity index (χ0n) is 10.7. The Morgan fingerprint density at radius 1 is 1.16 bits per heavy atom. The zero-order valence-corrected chi connectivity index (χ0v) is 11.4. The second-order valence-electron chi connectivity index (χ2n) is 4.32. The van der Waals surface area contributed by atoms with E-state index >= 15 is 0 Å². The molecule has 0 unspecified atom stereocenters. The smallest absolute Gasteiger partial charge is 0.246 e. The normalized spacial score (nSPS) is 10.5. The largest absolute Gasteiger partial charge is 0.488 e. The van der Waals surface area contributed by atoms with E-state index in [2.05, 4.69) is 0 Å². The first-order valence-corrected chi connectivity index (χ1v) is 7.00. The Labute approximate surface area is 117 Å². The summed E-state index contributed by atoms with van der Waals surface area (Å²) in [6, 6.07) is 9.57. The van der Waals surface area contributed by atoms with Gasteiger partial charge in [0.05, 0.1) is 12.0 Å². The van der Waals surface area contributed by atoms with E-state index in [-0.39, 0.29) is 5.76 Å². The Balaban J connectivity index is 1.98. The summed E-state index contributed by atoms with van der Waals surface area (Å²) in [6.07, 6.45) is 4.20. The Hall–Kier alpha value is -1.66. The maximum Gasteiger partial charge on any atom is 0.246 e. The highest BCUT2D eigenvalue weighted by molar-refractivity contribution is 6.17. The molecule has 1 aromatic heterocycles. The number of hydrogen-bond acceptors (Lipinski definition) is 3. The first-order valence-electron chi connectivity index (χ1n) is 6.47. The van der Waals surface area contributed by atoms with E-state index < -0.39 is 0 Å². The molecule has 2 aromatic rings. The van der Waals surface area contributed by atoms with Crippen molar-refractivity contribution in [3.05, 3.63) is 30.0 Å². The molecule has 0 spiro atoms. The van der Waals surface area contributed by atoms with Crippen molar-refractivity contribution in [2.45, 2.75) is 25.7 Å². The van der Waals surface area contributed by atoms with E-state index in [4.69, 9.17) is 26.0 Å². The number of halogens is 1. The van der Waals surface area contributed by atoms with Gasteiger partial charge in [-0.3, -0.25) is 0 Å². The van der Waals surface area contributed by atoms with Crippen LogP contribution in [-0.4, -0.2) is 12.5 Å². The van der Waals surface area contributed by atoms with Crippen molar-refractivity contribution in [1.82, 2.24) is 0 Å². The van der Waals surface area contributed by atoms with Crippen LogP contribution >= 0.6 is 11.6 Å². The van der Waals surface area contributed by atoms with Gasteiger partial charge in [0.15, 0.2) is 5.75 Å². The standard InChI is InChI=1S/C15H16ClNO2/c16-9-5-1-2-6-10-18-15-12-7-3-4-8-13(12)19-14(15)11-17/h3-4,7-8H,1-2,5-6,9-10H2. The second-order valence-corrected chi connectivity index (χ2v) is 4.70. The Bertz CT molecular complexity index is 571. The van der Waals surface area contributed by atoms with E-state index in [0.29, 0.717) is 23.8 Å². The summed E-state index contributed by atoms with van der Waals surface area (Å²) in [7, 11) is 0. The van der Waals surface area contributed by atoms with E-state index in [0.717, 1.165) is 31.1 Å². The number of unbranched alkanes of at least 4 members (excludes halogenated alkanes) is 3. The summed E-state index contributed by atoms with van der Waals surface area (Å²) in [5.41, 5.74) is 0.691. The lowest BCUT2D eigenvalue weighted by Crippen LogP contribution is -1.98. The molecule has 0 bridgehead atoms. The topological polar surface area (TPSA) is 46.2 Å². The zero-order chi connectivity index (χ0) is 13.5. The molecule has 2 rings (SSSR count). The third kappa shape index (κ3) is 3.42. The summed E-state index contributed by atoms with van der Waals surface area (Å²) >= 11 is 5.62. The van der Waals surface area contributed by atoms with Gasteiger partial charge in [0, 0.05) is 5.88 Å². The number of furan rings is 1. The lowest BCUT2D eigenvalue weighted by Gasteiger charge is -2.04. The van der Waals surface area contributed by atoms with Crippen molar-refractivity contribution in [3.8, 4) is 11.8 Å². The number of fused-ring (bicyclic) bond motifs is 1. The number of nitriles is 1. The molecule has 19 heavy (non-hydrogen) atoms. The average Bonchev–Trinajstić information content (AvgIpc) is 2.81. The van der Waals surface area contributed by atoms with Gasteiger partial charge in [-0.15, -0.1) is 11.6 Å². The molecule has 0 aliphatic rings. The molecule has 0 aliphatic heterocycles. The molecule has 0 saturated carbocycles. The fourth-order valence-electron chi connectivity index (χ4n) is 1.96. The van der Waals surface area contributed by atoms with E-state index in [1.54, 1.807) is 0 Å². The van der Waals surface area contributed by atoms with Crippen LogP contribution in [0.1, 0.15) is 31.4 Å². The quantitative estimate of drug-likeness (QED) is 0.553. The molecule has 4 heteroatoms. The van der Waals surface area contributed by atoms with Crippen LogP contribution in [0.3, 0.4) is 0 Å². The van der Waals surface area contributed by atoms with Crippen LogP contribution < -0.4 is 4.74 Å². The molecule has 0 amide bonds. The maximum absolute atomic E-state index is 9.05. The third-order valence-electron chi connectivity index (χ3n) is 2.93. The van der Waals surface area contributed by atoms with E-state index in [9.17, 15) is 0 Å². The predicted molar refractivity (Wildman–Crippen MR) is 75.6 cm³/mol. The van der Waals surface area contributed by atoms with Crippen LogP contribution in [-0.2, 0) is 0 Å². The van der Waals surface area contributed by atoms with Crippen molar-refractivity contribution in [3.63, 3.8) is 0 Å². The highest BCUT2D eigenvalue weighted by Crippen LogP contribution is 2.32. The maximum atomic E-state index is 9.05. The summed E-state index contributed by atoms with van der Waals surface area (Å²) in [5, 5.41) is 9.91. The van der Waals surface area contributed by atoms with E-state index in [1.807, 2.05) is 30.3 Å². The molecule has 0 saturated heterocycles. The van der Waals surface area contributed by atoms with Crippen LogP contribution in [0.4, 0.5) is 0 Å². The molecule has 0 N–H and O–H groups in total.